The monoisotopic (exact) mass is 722 g/mol. The molecule has 1 heterocycles. The van der Waals surface area contributed by atoms with Crippen molar-refractivity contribution in [2.24, 2.45) is 0 Å². The summed E-state index contributed by atoms with van der Waals surface area (Å²) in [5.74, 6) is -0.855. The molecule has 0 aromatic carbocycles. The number of carbonyl (C=O) groups excluding carboxylic acids is 2. The first kappa shape index (κ1) is 46.7. The number of hydrogen-bond donors (Lipinski definition) is 4. The van der Waals surface area contributed by atoms with Crippen molar-refractivity contribution in [1.29, 1.82) is 0 Å². The smallest absolute Gasteiger partial charge is 0.306 e. The quantitative estimate of drug-likeness (QED) is 0.0248. The Morgan fingerprint density at radius 3 is 1.80 bits per heavy atom. The van der Waals surface area contributed by atoms with Crippen LogP contribution in [0.4, 0.5) is 0 Å². The molecule has 1 rings (SSSR count). The van der Waals surface area contributed by atoms with Crippen LogP contribution < -0.4 is 0 Å². The number of ether oxygens (including phenoxy) is 4. The van der Waals surface area contributed by atoms with Gasteiger partial charge in [-0.15, -0.1) is 0 Å². The van der Waals surface area contributed by atoms with Crippen LogP contribution >= 0.6 is 0 Å². The zero-order valence-electron chi connectivity index (χ0n) is 31.6. The standard InChI is InChI=1S/C41H70O10/c1-3-5-7-9-11-13-15-17-19-21-23-25-27-29-36(43)48-32-34(33-49-41-40(47)39(46)38(45)35(31-42)51-41)50-37(44)30-28-26-24-22-20-18-16-14-12-10-8-6-4-2/h6,8,10,12,14,16-17,19,34-35,38-42,45-47H,3-5,7,9,11,13,15,18,20-33H2,1-2H3/b8-6+,12-10+,16-14+,19-17+/t34?,35-,38+,39?,40?,41-/m0/s1. The first-order valence-electron chi connectivity index (χ1n) is 19.7. The molecule has 1 fully saturated rings. The van der Waals surface area contributed by atoms with Crippen molar-refractivity contribution < 1.29 is 49.0 Å². The fourth-order valence-corrected chi connectivity index (χ4v) is 5.59. The minimum atomic E-state index is -1.60. The third kappa shape index (κ3) is 24.5. The SMILES string of the molecule is CC/C=C/C=C/C=C/CCCCCCCC(=O)OC(COC(=O)CCCCC/C=C/CCCCCCCC)CO[C@H]1O[C@@H](CO)[C@@H](O)C(O)C1O. The van der Waals surface area contributed by atoms with Crippen molar-refractivity contribution in [2.75, 3.05) is 19.8 Å². The molecule has 0 saturated carbocycles. The van der Waals surface area contributed by atoms with Crippen LogP contribution in [0.2, 0.25) is 0 Å². The molecular weight excluding hydrogens is 652 g/mol. The van der Waals surface area contributed by atoms with Crippen LogP contribution in [0.25, 0.3) is 0 Å². The van der Waals surface area contributed by atoms with E-state index in [4.69, 9.17) is 18.9 Å². The summed E-state index contributed by atoms with van der Waals surface area (Å²) in [7, 11) is 0. The molecule has 0 aliphatic carbocycles. The molecule has 0 bridgehead atoms. The molecule has 1 aliphatic rings. The van der Waals surface area contributed by atoms with Crippen molar-refractivity contribution in [3.63, 3.8) is 0 Å². The Labute approximate surface area is 308 Å². The van der Waals surface area contributed by atoms with Gasteiger partial charge < -0.3 is 39.4 Å². The first-order chi connectivity index (χ1) is 24.8. The number of aliphatic hydroxyl groups is 4. The molecule has 0 aromatic heterocycles. The van der Waals surface area contributed by atoms with Crippen molar-refractivity contribution >= 4 is 11.9 Å². The molecule has 51 heavy (non-hydrogen) atoms. The average Bonchev–Trinajstić information content (AvgIpc) is 3.13. The van der Waals surface area contributed by atoms with E-state index in [0.29, 0.717) is 12.8 Å². The second-order valence-electron chi connectivity index (χ2n) is 13.4. The maximum atomic E-state index is 12.7. The van der Waals surface area contributed by atoms with Crippen molar-refractivity contribution in [3.8, 4) is 0 Å². The number of allylic oxidation sites excluding steroid dienone is 8. The van der Waals surface area contributed by atoms with Crippen LogP contribution in [0.15, 0.2) is 48.6 Å². The first-order valence-corrected chi connectivity index (χ1v) is 19.7. The number of aliphatic hydroxyl groups excluding tert-OH is 4. The van der Waals surface area contributed by atoms with Gasteiger partial charge in [0.05, 0.1) is 13.2 Å². The van der Waals surface area contributed by atoms with Gasteiger partial charge in [-0.2, -0.15) is 0 Å². The van der Waals surface area contributed by atoms with E-state index in [2.05, 4.69) is 44.2 Å². The van der Waals surface area contributed by atoms with Crippen LogP contribution in [-0.2, 0) is 28.5 Å². The lowest BCUT2D eigenvalue weighted by molar-refractivity contribution is -0.305. The molecule has 0 amide bonds. The Morgan fingerprint density at radius 2 is 1.18 bits per heavy atom. The minimum absolute atomic E-state index is 0.202. The third-order valence-electron chi connectivity index (χ3n) is 8.76. The Morgan fingerprint density at radius 1 is 0.627 bits per heavy atom. The van der Waals surface area contributed by atoms with Crippen molar-refractivity contribution in [2.45, 2.75) is 179 Å². The van der Waals surface area contributed by atoms with E-state index in [0.717, 1.165) is 64.2 Å². The number of carbonyl (C=O) groups is 2. The predicted molar refractivity (Wildman–Crippen MR) is 201 cm³/mol. The number of esters is 2. The molecule has 1 saturated heterocycles. The summed E-state index contributed by atoms with van der Waals surface area (Å²) in [5, 5.41) is 39.9. The maximum Gasteiger partial charge on any atom is 0.306 e. The van der Waals surface area contributed by atoms with Gasteiger partial charge >= 0.3 is 11.9 Å². The van der Waals surface area contributed by atoms with E-state index < -0.39 is 55.4 Å². The molecule has 4 N–H and O–H groups in total. The lowest BCUT2D eigenvalue weighted by atomic mass is 9.99. The summed E-state index contributed by atoms with van der Waals surface area (Å²) >= 11 is 0. The van der Waals surface area contributed by atoms with Crippen molar-refractivity contribution in [1.82, 2.24) is 0 Å². The van der Waals surface area contributed by atoms with Gasteiger partial charge in [0.1, 0.15) is 31.0 Å². The van der Waals surface area contributed by atoms with E-state index in [1.807, 2.05) is 18.2 Å². The molecule has 1 aliphatic heterocycles. The highest BCUT2D eigenvalue weighted by Gasteiger charge is 2.44. The van der Waals surface area contributed by atoms with E-state index in [1.165, 1.54) is 38.5 Å². The van der Waals surface area contributed by atoms with Gasteiger partial charge in [-0.05, 0) is 57.8 Å². The highest BCUT2D eigenvalue weighted by Crippen LogP contribution is 2.22. The van der Waals surface area contributed by atoms with Gasteiger partial charge in [-0.25, -0.2) is 0 Å². The van der Waals surface area contributed by atoms with Crippen LogP contribution in [0.1, 0.15) is 142 Å². The van der Waals surface area contributed by atoms with Gasteiger partial charge in [0, 0.05) is 12.8 Å². The maximum absolute atomic E-state index is 12.7. The molecule has 3 unspecified atom stereocenters. The molecule has 10 nitrogen and oxygen atoms in total. The Hall–Kier alpha value is -2.34. The van der Waals surface area contributed by atoms with Gasteiger partial charge in [0.15, 0.2) is 12.4 Å². The molecule has 6 atom stereocenters. The Bertz CT molecular complexity index is 975. The average molecular weight is 723 g/mol. The second-order valence-corrected chi connectivity index (χ2v) is 13.4. The highest BCUT2D eigenvalue weighted by molar-refractivity contribution is 5.70. The van der Waals surface area contributed by atoms with Crippen LogP contribution in [-0.4, -0.2) is 89.0 Å². The Kier molecular flexibility index (Phi) is 29.6. The van der Waals surface area contributed by atoms with Gasteiger partial charge in [-0.1, -0.05) is 120 Å². The summed E-state index contributed by atoms with van der Waals surface area (Å²) in [6.45, 7) is 3.22. The van der Waals surface area contributed by atoms with E-state index in [9.17, 15) is 30.0 Å². The fourth-order valence-electron chi connectivity index (χ4n) is 5.59. The topological polar surface area (TPSA) is 152 Å². The number of hydrogen-bond acceptors (Lipinski definition) is 10. The van der Waals surface area contributed by atoms with Gasteiger partial charge in [-0.3, -0.25) is 9.59 Å². The summed E-state index contributed by atoms with van der Waals surface area (Å²) in [5.41, 5.74) is 0. The summed E-state index contributed by atoms with van der Waals surface area (Å²) in [4.78, 5) is 25.2. The largest absolute Gasteiger partial charge is 0.462 e. The molecule has 0 aromatic rings. The van der Waals surface area contributed by atoms with Crippen molar-refractivity contribution in [3.05, 3.63) is 48.6 Å². The molecular formula is C41H70O10. The summed E-state index contributed by atoms with van der Waals surface area (Å²) in [6, 6.07) is 0. The normalized spacial score (nSPS) is 21.7. The Balaban J connectivity index is 2.42. The van der Waals surface area contributed by atoms with Crippen LogP contribution in [0.5, 0.6) is 0 Å². The van der Waals surface area contributed by atoms with E-state index in [-0.39, 0.29) is 26.1 Å². The van der Waals surface area contributed by atoms with Crippen LogP contribution in [0.3, 0.4) is 0 Å². The highest BCUT2D eigenvalue weighted by atomic mass is 16.7. The number of unbranched alkanes of at least 4 members (excludes halogenated alkanes) is 14. The summed E-state index contributed by atoms with van der Waals surface area (Å²) in [6.07, 6.45) is 28.4. The summed E-state index contributed by atoms with van der Waals surface area (Å²) < 4.78 is 22.0. The van der Waals surface area contributed by atoms with E-state index in [1.54, 1.807) is 0 Å². The lowest BCUT2D eigenvalue weighted by Crippen LogP contribution is -2.59. The lowest BCUT2D eigenvalue weighted by Gasteiger charge is -2.39. The molecule has 10 heteroatoms. The number of rotatable bonds is 31. The second kappa shape index (κ2) is 32.3. The van der Waals surface area contributed by atoms with E-state index >= 15 is 0 Å². The molecule has 294 valence electrons. The zero-order chi connectivity index (χ0) is 37.4. The third-order valence-corrected chi connectivity index (χ3v) is 8.76. The van der Waals surface area contributed by atoms with Gasteiger partial charge in [0.25, 0.3) is 0 Å². The minimum Gasteiger partial charge on any atom is -0.462 e. The van der Waals surface area contributed by atoms with Gasteiger partial charge in [0.2, 0.25) is 0 Å². The fraction of sp³-hybridized carbons (Fsp3) is 0.756. The van der Waals surface area contributed by atoms with Crippen LogP contribution in [0, 0.1) is 0 Å². The zero-order valence-corrected chi connectivity index (χ0v) is 31.6. The predicted octanol–water partition coefficient (Wildman–Crippen LogP) is 7.32. The molecule has 0 radical (unpaired) electrons. The molecule has 0 spiro atoms.